The first-order valence-corrected chi connectivity index (χ1v) is 9.85. The largest absolute Gasteiger partial charge is 0.490 e. The number of carbonyl (C=O) groups excluding carboxylic acids is 2. The van der Waals surface area contributed by atoms with E-state index in [2.05, 4.69) is 18.2 Å². The van der Waals surface area contributed by atoms with E-state index in [0.29, 0.717) is 13.1 Å². The van der Waals surface area contributed by atoms with E-state index in [1.165, 1.54) is 5.39 Å². The van der Waals surface area contributed by atoms with Crippen LogP contribution in [0.3, 0.4) is 0 Å². The molecule has 2 amide bonds. The second kappa shape index (κ2) is 9.06. The van der Waals surface area contributed by atoms with E-state index in [9.17, 15) is 9.59 Å². The third-order valence-corrected chi connectivity index (χ3v) is 5.46. The van der Waals surface area contributed by atoms with Gasteiger partial charge in [-0.1, -0.05) is 44.2 Å². The van der Waals surface area contributed by atoms with Gasteiger partial charge in [0.2, 0.25) is 11.8 Å². The molecular weight excluding hydrogens is 356 g/mol. The normalized spacial score (nSPS) is 16.2. The number of hydroxylamine groups is 1. The zero-order valence-corrected chi connectivity index (χ0v) is 16.4. The number of hydrogen-bond acceptors (Lipinski definition) is 4. The summed E-state index contributed by atoms with van der Waals surface area (Å²) in [6.45, 7) is 4.97. The third kappa shape index (κ3) is 4.81. The standard InChI is InChI=1S/C22H28N2O4/c1-15(2)20(22(26)23-27)14-21(25)24-11-9-18(10-12-24)28-19-8-7-16-5-3-4-6-17(16)13-19/h3-8,13,15,18,20,27H,9-12,14H2,1-2H3,(H,23,26)/t20-/m0/s1. The quantitative estimate of drug-likeness (QED) is 0.591. The Labute approximate surface area is 165 Å². The number of likely N-dealkylation sites (tertiary alicyclic amines) is 1. The maximum Gasteiger partial charge on any atom is 0.247 e. The number of amides is 2. The van der Waals surface area contributed by atoms with Gasteiger partial charge in [0.25, 0.3) is 0 Å². The van der Waals surface area contributed by atoms with Crippen molar-refractivity contribution in [3.05, 3.63) is 42.5 Å². The summed E-state index contributed by atoms with van der Waals surface area (Å²) in [6, 6.07) is 14.3. The Kier molecular flexibility index (Phi) is 6.52. The number of nitrogens with one attached hydrogen (secondary N) is 1. The molecule has 0 aliphatic carbocycles. The van der Waals surface area contributed by atoms with E-state index in [-0.39, 0.29) is 24.3 Å². The highest BCUT2D eigenvalue weighted by atomic mass is 16.5. The average Bonchev–Trinajstić information content (AvgIpc) is 2.71. The molecule has 1 aliphatic rings. The van der Waals surface area contributed by atoms with Gasteiger partial charge in [-0.2, -0.15) is 0 Å². The molecule has 2 aromatic rings. The van der Waals surface area contributed by atoms with Crippen LogP contribution in [0.5, 0.6) is 5.75 Å². The zero-order chi connectivity index (χ0) is 20.1. The van der Waals surface area contributed by atoms with E-state index >= 15 is 0 Å². The molecule has 6 heteroatoms. The highest BCUT2D eigenvalue weighted by molar-refractivity contribution is 5.85. The summed E-state index contributed by atoms with van der Waals surface area (Å²) in [5.41, 5.74) is 1.67. The van der Waals surface area contributed by atoms with Crippen LogP contribution in [0.25, 0.3) is 10.8 Å². The molecule has 1 atom stereocenters. The van der Waals surface area contributed by atoms with Crippen molar-refractivity contribution in [3.63, 3.8) is 0 Å². The molecule has 0 bridgehead atoms. The minimum absolute atomic E-state index is 0.0233. The molecule has 3 rings (SSSR count). The molecule has 0 saturated carbocycles. The zero-order valence-electron chi connectivity index (χ0n) is 16.4. The molecule has 2 N–H and O–H groups in total. The van der Waals surface area contributed by atoms with Crippen molar-refractivity contribution in [2.24, 2.45) is 11.8 Å². The summed E-state index contributed by atoms with van der Waals surface area (Å²) in [5.74, 6) is -0.249. The van der Waals surface area contributed by atoms with Crippen LogP contribution in [-0.2, 0) is 9.59 Å². The molecule has 1 fully saturated rings. The van der Waals surface area contributed by atoms with Crippen LogP contribution in [0, 0.1) is 11.8 Å². The first kappa shape index (κ1) is 20.1. The number of carbonyl (C=O) groups is 2. The van der Waals surface area contributed by atoms with Crippen molar-refractivity contribution >= 4 is 22.6 Å². The van der Waals surface area contributed by atoms with Gasteiger partial charge in [0, 0.05) is 32.4 Å². The fourth-order valence-corrected chi connectivity index (χ4v) is 3.69. The molecule has 2 aromatic carbocycles. The number of benzene rings is 2. The van der Waals surface area contributed by atoms with Gasteiger partial charge in [-0.05, 0) is 28.8 Å². The Bertz CT molecular complexity index is 828. The summed E-state index contributed by atoms with van der Waals surface area (Å²) in [7, 11) is 0. The van der Waals surface area contributed by atoms with Gasteiger partial charge in [0.1, 0.15) is 11.9 Å². The average molecular weight is 384 g/mol. The predicted octanol–water partition coefficient (Wildman–Crippen LogP) is 3.38. The van der Waals surface area contributed by atoms with E-state index in [1.54, 1.807) is 10.4 Å². The summed E-state index contributed by atoms with van der Waals surface area (Å²) in [4.78, 5) is 26.1. The molecule has 0 spiro atoms. The van der Waals surface area contributed by atoms with Crippen LogP contribution in [-0.4, -0.2) is 41.1 Å². The lowest BCUT2D eigenvalue weighted by atomic mass is 9.91. The highest BCUT2D eigenvalue weighted by Crippen LogP contribution is 2.25. The monoisotopic (exact) mass is 384 g/mol. The van der Waals surface area contributed by atoms with Gasteiger partial charge in [-0.15, -0.1) is 0 Å². The lowest BCUT2D eigenvalue weighted by Gasteiger charge is -2.33. The second-order valence-corrected chi connectivity index (χ2v) is 7.74. The Morgan fingerprint density at radius 2 is 1.82 bits per heavy atom. The van der Waals surface area contributed by atoms with Gasteiger partial charge in [-0.25, -0.2) is 5.48 Å². The molecule has 0 radical (unpaired) electrons. The van der Waals surface area contributed by atoms with Crippen LogP contribution in [0.2, 0.25) is 0 Å². The van der Waals surface area contributed by atoms with Gasteiger partial charge < -0.3 is 9.64 Å². The number of piperidine rings is 1. The third-order valence-electron chi connectivity index (χ3n) is 5.46. The fraction of sp³-hybridized carbons (Fsp3) is 0.455. The maximum absolute atomic E-state index is 12.6. The number of rotatable bonds is 6. The van der Waals surface area contributed by atoms with Crippen LogP contribution < -0.4 is 10.2 Å². The summed E-state index contributed by atoms with van der Waals surface area (Å²) < 4.78 is 6.13. The van der Waals surface area contributed by atoms with E-state index in [1.807, 2.05) is 38.1 Å². The molecule has 1 aliphatic heterocycles. The Hall–Kier alpha value is -2.60. The molecular formula is C22H28N2O4. The van der Waals surface area contributed by atoms with Crippen molar-refractivity contribution < 1.29 is 19.5 Å². The Balaban J connectivity index is 1.53. The summed E-state index contributed by atoms with van der Waals surface area (Å²) in [5, 5.41) is 11.2. The minimum atomic E-state index is -0.524. The van der Waals surface area contributed by atoms with Crippen molar-refractivity contribution in [3.8, 4) is 5.75 Å². The fourth-order valence-electron chi connectivity index (χ4n) is 3.69. The number of fused-ring (bicyclic) bond motifs is 1. The predicted molar refractivity (Wildman–Crippen MR) is 107 cm³/mol. The first-order chi connectivity index (χ1) is 13.5. The smallest absolute Gasteiger partial charge is 0.247 e. The summed E-state index contributed by atoms with van der Waals surface area (Å²) >= 11 is 0. The van der Waals surface area contributed by atoms with Gasteiger partial charge in [-0.3, -0.25) is 14.8 Å². The van der Waals surface area contributed by atoms with Crippen LogP contribution in [0.1, 0.15) is 33.1 Å². The minimum Gasteiger partial charge on any atom is -0.490 e. The van der Waals surface area contributed by atoms with E-state index in [4.69, 9.17) is 9.94 Å². The molecule has 0 unspecified atom stereocenters. The lowest BCUT2D eigenvalue weighted by Crippen LogP contribution is -2.44. The van der Waals surface area contributed by atoms with Crippen LogP contribution >= 0.6 is 0 Å². The maximum atomic E-state index is 12.6. The SMILES string of the molecule is CC(C)[C@H](CC(=O)N1CCC(Oc2ccc3ccccc3c2)CC1)C(=O)NO. The number of ether oxygens (including phenoxy) is 1. The molecule has 1 heterocycles. The second-order valence-electron chi connectivity index (χ2n) is 7.74. The Morgan fingerprint density at radius 3 is 2.46 bits per heavy atom. The van der Waals surface area contributed by atoms with E-state index in [0.717, 1.165) is 24.0 Å². The Morgan fingerprint density at radius 1 is 1.14 bits per heavy atom. The summed E-state index contributed by atoms with van der Waals surface area (Å²) in [6.07, 6.45) is 1.71. The van der Waals surface area contributed by atoms with Crippen molar-refractivity contribution in [2.75, 3.05) is 13.1 Å². The molecule has 150 valence electrons. The van der Waals surface area contributed by atoms with Crippen molar-refractivity contribution in [2.45, 2.75) is 39.2 Å². The molecule has 0 aromatic heterocycles. The topological polar surface area (TPSA) is 78.9 Å². The molecule has 1 saturated heterocycles. The highest BCUT2D eigenvalue weighted by Gasteiger charge is 2.29. The van der Waals surface area contributed by atoms with Crippen molar-refractivity contribution in [1.82, 2.24) is 10.4 Å². The molecule has 6 nitrogen and oxygen atoms in total. The first-order valence-electron chi connectivity index (χ1n) is 9.85. The van der Waals surface area contributed by atoms with Gasteiger partial charge in [0.15, 0.2) is 0 Å². The van der Waals surface area contributed by atoms with E-state index < -0.39 is 11.8 Å². The number of hydrogen-bond donors (Lipinski definition) is 2. The van der Waals surface area contributed by atoms with Gasteiger partial charge >= 0.3 is 0 Å². The van der Waals surface area contributed by atoms with Crippen LogP contribution in [0.4, 0.5) is 0 Å². The number of nitrogens with zero attached hydrogens (tertiary/aromatic N) is 1. The van der Waals surface area contributed by atoms with Gasteiger partial charge in [0.05, 0.1) is 5.92 Å². The molecule has 28 heavy (non-hydrogen) atoms. The van der Waals surface area contributed by atoms with Crippen LogP contribution in [0.15, 0.2) is 42.5 Å². The van der Waals surface area contributed by atoms with Crippen molar-refractivity contribution in [1.29, 1.82) is 0 Å². The lowest BCUT2D eigenvalue weighted by molar-refractivity contribution is -0.142.